The van der Waals surface area contributed by atoms with Gasteiger partial charge < -0.3 is 9.64 Å². The lowest BCUT2D eigenvalue weighted by atomic mass is 9.96. The van der Waals surface area contributed by atoms with Crippen molar-refractivity contribution in [2.45, 2.75) is 31.8 Å². The second kappa shape index (κ2) is 6.59. The second-order valence-corrected chi connectivity index (χ2v) is 7.03. The molecule has 0 spiro atoms. The maximum atomic E-state index is 13.1. The van der Waals surface area contributed by atoms with Gasteiger partial charge in [0.05, 0.1) is 18.5 Å². The molecule has 25 heavy (non-hydrogen) atoms. The van der Waals surface area contributed by atoms with Crippen LogP contribution in [0.1, 0.15) is 40.4 Å². The molecule has 1 aliphatic heterocycles. The maximum absolute atomic E-state index is 13.1. The van der Waals surface area contributed by atoms with Crippen LogP contribution in [-0.2, 0) is 17.8 Å². The maximum Gasteiger partial charge on any atom is 0.254 e. The van der Waals surface area contributed by atoms with Gasteiger partial charge in [-0.3, -0.25) is 9.48 Å². The Morgan fingerprint density at radius 1 is 1.32 bits per heavy atom. The van der Waals surface area contributed by atoms with E-state index in [1.54, 1.807) is 7.11 Å². The van der Waals surface area contributed by atoms with Crippen LogP contribution in [0, 0.1) is 11.7 Å². The number of rotatable bonds is 5. The summed E-state index contributed by atoms with van der Waals surface area (Å²) in [7, 11) is 1.68. The molecule has 0 unspecified atom stereocenters. The highest BCUT2D eigenvalue weighted by Gasteiger charge is 2.33. The van der Waals surface area contributed by atoms with Crippen LogP contribution in [0.2, 0.25) is 0 Å². The van der Waals surface area contributed by atoms with E-state index in [0.29, 0.717) is 25.3 Å². The number of halogens is 1. The molecule has 1 aliphatic carbocycles. The van der Waals surface area contributed by atoms with Crippen molar-refractivity contribution in [2.75, 3.05) is 20.3 Å². The number of ether oxygens (including phenoxy) is 1. The van der Waals surface area contributed by atoms with Crippen molar-refractivity contribution in [2.24, 2.45) is 5.92 Å². The quantitative estimate of drug-likeness (QED) is 0.839. The minimum Gasteiger partial charge on any atom is -0.384 e. The number of carbonyl (C=O) groups is 1. The van der Waals surface area contributed by atoms with Crippen LogP contribution in [0.5, 0.6) is 0 Å². The highest BCUT2D eigenvalue weighted by atomic mass is 19.1. The molecule has 1 atom stereocenters. The number of nitrogens with zero attached hydrogens (tertiary/aromatic N) is 3. The van der Waals surface area contributed by atoms with E-state index in [4.69, 9.17) is 4.74 Å². The molecule has 1 amide bonds. The monoisotopic (exact) mass is 343 g/mol. The van der Waals surface area contributed by atoms with Gasteiger partial charge in [-0.1, -0.05) is 0 Å². The van der Waals surface area contributed by atoms with Gasteiger partial charge in [-0.2, -0.15) is 5.10 Å². The van der Waals surface area contributed by atoms with Gasteiger partial charge in [0.15, 0.2) is 0 Å². The molecule has 0 radical (unpaired) electrons. The average Bonchev–Trinajstić information content (AvgIpc) is 3.34. The largest absolute Gasteiger partial charge is 0.384 e. The van der Waals surface area contributed by atoms with E-state index in [0.717, 1.165) is 18.0 Å². The van der Waals surface area contributed by atoms with E-state index in [1.807, 2.05) is 11.1 Å². The zero-order chi connectivity index (χ0) is 17.4. The number of benzene rings is 1. The molecular weight excluding hydrogens is 321 g/mol. The molecule has 2 heterocycles. The Hall–Kier alpha value is -2.21. The number of carbonyl (C=O) groups excluding carboxylic acids is 1. The molecule has 0 saturated heterocycles. The van der Waals surface area contributed by atoms with E-state index in [9.17, 15) is 9.18 Å². The molecule has 2 aliphatic rings. The predicted octanol–water partition coefficient (Wildman–Crippen LogP) is 2.82. The Labute approximate surface area is 146 Å². The Balaban J connectivity index is 1.59. The summed E-state index contributed by atoms with van der Waals surface area (Å²) in [6.07, 6.45) is 4.43. The number of amides is 1. The molecule has 5 nitrogen and oxygen atoms in total. The van der Waals surface area contributed by atoms with Crippen LogP contribution >= 0.6 is 0 Å². The van der Waals surface area contributed by atoms with Gasteiger partial charge in [0.25, 0.3) is 5.91 Å². The van der Waals surface area contributed by atoms with Gasteiger partial charge in [-0.05, 0) is 43.0 Å². The zero-order valence-electron chi connectivity index (χ0n) is 14.3. The van der Waals surface area contributed by atoms with Crippen molar-refractivity contribution in [1.29, 1.82) is 0 Å². The van der Waals surface area contributed by atoms with Crippen LogP contribution in [0.3, 0.4) is 0 Å². The third-order valence-corrected chi connectivity index (χ3v) is 5.02. The Kier molecular flexibility index (Phi) is 4.29. The van der Waals surface area contributed by atoms with Gasteiger partial charge in [0.2, 0.25) is 0 Å². The number of fused-ring (bicyclic) bond motifs is 1. The summed E-state index contributed by atoms with van der Waals surface area (Å²) in [4.78, 5) is 14.6. The van der Waals surface area contributed by atoms with Crippen LogP contribution < -0.4 is 0 Å². The summed E-state index contributed by atoms with van der Waals surface area (Å²) < 4.78 is 20.6. The van der Waals surface area contributed by atoms with Crippen molar-refractivity contribution >= 4 is 5.91 Å². The molecule has 1 fully saturated rings. The predicted molar refractivity (Wildman–Crippen MR) is 90.7 cm³/mol. The van der Waals surface area contributed by atoms with Crippen molar-refractivity contribution < 1.29 is 13.9 Å². The second-order valence-electron chi connectivity index (χ2n) is 7.03. The topological polar surface area (TPSA) is 47.4 Å². The molecule has 2 aromatic rings. The first-order valence-corrected chi connectivity index (χ1v) is 8.74. The van der Waals surface area contributed by atoms with Crippen LogP contribution in [-0.4, -0.2) is 40.8 Å². The number of hydrogen-bond donors (Lipinski definition) is 0. The third-order valence-electron chi connectivity index (χ3n) is 5.02. The first kappa shape index (κ1) is 16.3. The van der Waals surface area contributed by atoms with Gasteiger partial charge >= 0.3 is 0 Å². The number of methoxy groups -OCH3 is 1. The highest BCUT2D eigenvalue weighted by molar-refractivity contribution is 5.94. The molecular formula is C19H22FN3O2. The number of aromatic nitrogens is 2. The summed E-state index contributed by atoms with van der Waals surface area (Å²) in [5.41, 5.74) is 2.80. The van der Waals surface area contributed by atoms with Crippen LogP contribution in [0.25, 0.3) is 0 Å². The van der Waals surface area contributed by atoms with Gasteiger partial charge in [0.1, 0.15) is 5.82 Å². The van der Waals surface area contributed by atoms with E-state index < -0.39 is 0 Å². The first-order valence-electron chi connectivity index (χ1n) is 8.74. The summed E-state index contributed by atoms with van der Waals surface area (Å²) in [6.45, 7) is 2.64. The van der Waals surface area contributed by atoms with Gasteiger partial charge in [-0.15, -0.1) is 0 Å². The smallest absolute Gasteiger partial charge is 0.254 e. The number of hydrogen-bond acceptors (Lipinski definition) is 3. The van der Waals surface area contributed by atoms with Crippen LogP contribution in [0.4, 0.5) is 4.39 Å². The van der Waals surface area contributed by atoms with Crippen LogP contribution in [0.15, 0.2) is 30.5 Å². The molecule has 0 N–H and O–H groups in total. The van der Waals surface area contributed by atoms with Crippen molar-refractivity contribution in [3.63, 3.8) is 0 Å². The Bertz CT molecular complexity index is 767. The lowest BCUT2D eigenvalue weighted by Gasteiger charge is -2.33. The summed E-state index contributed by atoms with van der Waals surface area (Å²) >= 11 is 0. The fourth-order valence-corrected chi connectivity index (χ4v) is 3.60. The Morgan fingerprint density at radius 3 is 2.76 bits per heavy atom. The average molecular weight is 343 g/mol. The summed E-state index contributed by atoms with van der Waals surface area (Å²) in [5, 5.41) is 4.56. The molecule has 132 valence electrons. The third kappa shape index (κ3) is 3.31. The summed E-state index contributed by atoms with van der Waals surface area (Å²) in [5.74, 6) is 0.434. The summed E-state index contributed by atoms with van der Waals surface area (Å²) in [6, 6.07) is 5.72. The van der Waals surface area contributed by atoms with Gasteiger partial charge in [0, 0.05) is 43.8 Å². The van der Waals surface area contributed by atoms with Crippen molar-refractivity contribution in [3.05, 3.63) is 53.1 Å². The molecule has 1 aromatic heterocycles. The Morgan fingerprint density at radius 2 is 2.08 bits per heavy atom. The van der Waals surface area contributed by atoms with E-state index >= 15 is 0 Å². The normalized spacial score (nSPS) is 19.8. The van der Waals surface area contributed by atoms with Gasteiger partial charge in [-0.25, -0.2) is 4.39 Å². The lowest BCUT2D eigenvalue weighted by Crippen LogP contribution is -2.40. The first-order chi connectivity index (χ1) is 12.2. The van der Waals surface area contributed by atoms with E-state index in [2.05, 4.69) is 9.78 Å². The standard InChI is InChI=1S/C19H22FN3O2/c1-25-12-16-11-22(19(24)14-4-6-17(20)7-5-14)10-15-8-21-23(18(15)16)9-13-2-3-13/h4-8,13,16H,2-3,9-12H2,1H3/t16-/m1/s1. The van der Waals surface area contributed by atoms with Crippen molar-refractivity contribution in [1.82, 2.24) is 14.7 Å². The zero-order valence-corrected chi connectivity index (χ0v) is 14.3. The fraction of sp³-hybridized carbons (Fsp3) is 0.474. The minimum atomic E-state index is -0.337. The molecule has 1 saturated carbocycles. The van der Waals surface area contributed by atoms with E-state index in [1.165, 1.54) is 42.8 Å². The SMILES string of the molecule is COC[C@H]1CN(C(=O)c2ccc(F)cc2)Cc2cnn(CC3CC3)c21. The molecule has 6 heteroatoms. The molecule has 4 rings (SSSR count). The van der Waals surface area contributed by atoms with E-state index in [-0.39, 0.29) is 17.6 Å². The fourth-order valence-electron chi connectivity index (χ4n) is 3.60. The molecule has 0 bridgehead atoms. The lowest BCUT2D eigenvalue weighted by molar-refractivity contribution is 0.0675. The highest BCUT2D eigenvalue weighted by Crippen LogP contribution is 2.34. The minimum absolute atomic E-state index is 0.0818. The molecule has 1 aromatic carbocycles. The van der Waals surface area contributed by atoms with Crippen molar-refractivity contribution in [3.8, 4) is 0 Å².